The highest BCUT2D eigenvalue weighted by molar-refractivity contribution is 5.81. The molecule has 1 amide bonds. The van der Waals surface area contributed by atoms with Gasteiger partial charge in [-0.15, -0.1) is 0 Å². The molecule has 0 fully saturated rings. The van der Waals surface area contributed by atoms with Crippen LogP contribution in [0.5, 0.6) is 0 Å². The first kappa shape index (κ1) is 12.7. The summed E-state index contributed by atoms with van der Waals surface area (Å²) in [5, 5.41) is 11.9. The summed E-state index contributed by atoms with van der Waals surface area (Å²) in [6, 6.07) is 8.87. The number of hydrogen-bond donors (Lipinski definition) is 3. The Morgan fingerprint density at radius 1 is 1.44 bits per heavy atom. The Balaban J connectivity index is 2.53. The van der Waals surface area contributed by atoms with Gasteiger partial charge in [-0.2, -0.15) is 0 Å². The molecule has 4 heteroatoms. The van der Waals surface area contributed by atoms with Gasteiger partial charge in [-0.1, -0.05) is 30.3 Å². The highest BCUT2D eigenvalue weighted by Crippen LogP contribution is 2.02. The van der Waals surface area contributed by atoms with E-state index in [2.05, 4.69) is 5.32 Å². The molecule has 0 aromatic heterocycles. The molecule has 4 nitrogen and oxygen atoms in total. The van der Waals surface area contributed by atoms with Crippen LogP contribution in [-0.2, 0) is 11.2 Å². The lowest BCUT2D eigenvalue weighted by molar-refractivity contribution is -0.123. The van der Waals surface area contributed by atoms with Crippen LogP contribution < -0.4 is 11.1 Å². The van der Waals surface area contributed by atoms with Crippen LogP contribution in [0.4, 0.5) is 0 Å². The molecule has 1 rings (SSSR count). The lowest BCUT2D eigenvalue weighted by Gasteiger charge is -2.17. The highest BCUT2D eigenvalue weighted by atomic mass is 16.3. The molecule has 0 aliphatic carbocycles. The van der Waals surface area contributed by atoms with E-state index in [1.165, 1.54) is 0 Å². The second-order valence-corrected chi connectivity index (χ2v) is 3.87. The van der Waals surface area contributed by atoms with Gasteiger partial charge in [0.05, 0.1) is 18.7 Å². The lowest BCUT2D eigenvalue weighted by atomic mass is 10.1. The van der Waals surface area contributed by atoms with Gasteiger partial charge in [0.1, 0.15) is 0 Å². The van der Waals surface area contributed by atoms with Crippen molar-refractivity contribution in [3.8, 4) is 0 Å². The van der Waals surface area contributed by atoms with Crippen LogP contribution in [0.25, 0.3) is 0 Å². The summed E-state index contributed by atoms with van der Waals surface area (Å²) >= 11 is 0. The van der Waals surface area contributed by atoms with E-state index in [0.717, 1.165) is 5.56 Å². The second kappa shape index (κ2) is 6.25. The minimum absolute atomic E-state index is 0.0899. The normalized spacial score (nSPS) is 14.2. The number of aliphatic hydroxyl groups excluding tert-OH is 1. The fourth-order valence-electron chi connectivity index (χ4n) is 1.39. The Bertz CT molecular complexity index is 325. The number of nitrogens with one attached hydrogen (secondary N) is 1. The molecule has 0 aliphatic rings. The number of benzene rings is 1. The van der Waals surface area contributed by atoms with E-state index >= 15 is 0 Å². The van der Waals surface area contributed by atoms with E-state index in [0.29, 0.717) is 6.42 Å². The van der Waals surface area contributed by atoms with Crippen molar-refractivity contribution < 1.29 is 9.90 Å². The Hall–Kier alpha value is -1.39. The summed E-state index contributed by atoms with van der Waals surface area (Å²) in [5.41, 5.74) is 6.51. The van der Waals surface area contributed by atoms with Crippen LogP contribution in [0.3, 0.4) is 0 Å². The van der Waals surface area contributed by atoms with E-state index in [9.17, 15) is 4.79 Å². The molecule has 0 saturated heterocycles. The maximum Gasteiger partial charge on any atom is 0.236 e. The molecule has 0 heterocycles. The minimum atomic E-state index is -0.551. The van der Waals surface area contributed by atoms with Crippen molar-refractivity contribution in [1.82, 2.24) is 5.32 Å². The zero-order chi connectivity index (χ0) is 12.0. The van der Waals surface area contributed by atoms with Crippen LogP contribution in [0, 0.1) is 0 Å². The number of amides is 1. The number of aliphatic hydroxyl groups is 1. The van der Waals surface area contributed by atoms with Crippen molar-refractivity contribution in [3.63, 3.8) is 0 Å². The number of rotatable bonds is 5. The van der Waals surface area contributed by atoms with E-state index in [1.54, 1.807) is 6.92 Å². The van der Waals surface area contributed by atoms with Crippen molar-refractivity contribution >= 4 is 5.91 Å². The summed E-state index contributed by atoms with van der Waals surface area (Å²) in [4.78, 5) is 11.4. The van der Waals surface area contributed by atoms with Crippen molar-refractivity contribution in [3.05, 3.63) is 35.9 Å². The van der Waals surface area contributed by atoms with Crippen LogP contribution in [0.15, 0.2) is 30.3 Å². The molecule has 1 unspecified atom stereocenters. The quantitative estimate of drug-likeness (QED) is 0.659. The molecular weight excluding hydrogens is 204 g/mol. The van der Waals surface area contributed by atoms with Crippen molar-refractivity contribution in [1.29, 1.82) is 0 Å². The van der Waals surface area contributed by atoms with Crippen molar-refractivity contribution in [2.45, 2.75) is 25.4 Å². The SMILES string of the molecule is C[C@@H](N)C(=O)NC(CO)Cc1ccccc1. The number of carbonyl (C=O) groups is 1. The van der Waals surface area contributed by atoms with Crippen LogP contribution in [-0.4, -0.2) is 29.7 Å². The Morgan fingerprint density at radius 3 is 2.56 bits per heavy atom. The van der Waals surface area contributed by atoms with Crippen LogP contribution in [0.1, 0.15) is 12.5 Å². The highest BCUT2D eigenvalue weighted by Gasteiger charge is 2.14. The fourth-order valence-corrected chi connectivity index (χ4v) is 1.39. The Morgan fingerprint density at radius 2 is 2.06 bits per heavy atom. The topological polar surface area (TPSA) is 75.4 Å². The third-order valence-electron chi connectivity index (χ3n) is 2.31. The molecular formula is C12H18N2O2. The van der Waals surface area contributed by atoms with Gasteiger partial charge in [-0.05, 0) is 18.9 Å². The monoisotopic (exact) mass is 222 g/mol. The fraction of sp³-hybridized carbons (Fsp3) is 0.417. The maximum atomic E-state index is 11.4. The third-order valence-corrected chi connectivity index (χ3v) is 2.31. The van der Waals surface area contributed by atoms with Gasteiger partial charge in [0.25, 0.3) is 0 Å². The van der Waals surface area contributed by atoms with Crippen LogP contribution in [0.2, 0.25) is 0 Å². The smallest absolute Gasteiger partial charge is 0.236 e. The molecule has 2 atom stereocenters. The molecule has 1 aromatic rings. The minimum Gasteiger partial charge on any atom is -0.394 e. The van der Waals surface area contributed by atoms with E-state index in [4.69, 9.17) is 10.8 Å². The first-order chi connectivity index (χ1) is 7.63. The average molecular weight is 222 g/mol. The molecule has 0 saturated carbocycles. The van der Waals surface area contributed by atoms with Gasteiger partial charge >= 0.3 is 0 Å². The van der Waals surface area contributed by atoms with Gasteiger partial charge in [0.15, 0.2) is 0 Å². The predicted molar refractivity (Wildman–Crippen MR) is 62.8 cm³/mol. The first-order valence-corrected chi connectivity index (χ1v) is 5.34. The number of nitrogens with two attached hydrogens (primary N) is 1. The standard InChI is InChI=1S/C12H18N2O2/c1-9(13)12(16)14-11(8-15)7-10-5-3-2-4-6-10/h2-6,9,11,15H,7-8,13H2,1H3,(H,14,16)/t9-,11?/m1/s1. The van der Waals surface area contributed by atoms with Crippen molar-refractivity contribution in [2.24, 2.45) is 5.73 Å². The van der Waals surface area contributed by atoms with Gasteiger partial charge < -0.3 is 16.2 Å². The zero-order valence-electron chi connectivity index (χ0n) is 9.39. The summed E-state index contributed by atoms with van der Waals surface area (Å²) in [7, 11) is 0. The summed E-state index contributed by atoms with van der Waals surface area (Å²) in [6.07, 6.45) is 0.607. The molecule has 1 aromatic carbocycles. The van der Waals surface area contributed by atoms with Gasteiger partial charge in [0.2, 0.25) is 5.91 Å². The zero-order valence-corrected chi connectivity index (χ0v) is 9.39. The molecule has 0 bridgehead atoms. The average Bonchev–Trinajstić information content (AvgIpc) is 2.29. The summed E-state index contributed by atoms with van der Waals surface area (Å²) in [5.74, 6) is -0.241. The maximum absolute atomic E-state index is 11.4. The molecule has 16 heavy (non-hydrogen) atoms. The third kappa shape index (κ3) is 4.00. The largest absolute Gasteiger partial charge is 0.394 e. The predicted octanol–water partition coefficient (Wildman–Crippen LogP) is 0.0534. The first-order valence-electron chi connectivity index (χ1n) is 5.34. The second-order valence-electron chi connectivity index (χ2n) is 3.87. The molecule has 88 valence electrons. The molecule has 0 aliphatic heterocycles. The van der Waals surface area contributed by atoms with Crippen molar-refractivity contribution in [2.75, 3.05) is 6.61 Å². The van der Waals surface area contributed by atoms with E-state index in [-0.39, 0.29) is 18.6 Å². The number of carbonyl (C=O) groups excluding carboxylic acids is 1. The Labute approximate surface area is 95.5 Å². The van der Waals surface area contributed by atoms with E-state index < -0.39 is 6.04 Å². The lowest BCUT2D eigenvalue weighted by Crippen LogP contribution is -2.46. The number of hydrogen-bond acceptors (Lipinski definition) is 3. The van der Waals surface area contributed by atoms with Gasteiger partial charge in [-0.3, -0.25) is 4.79 Å². The molecule has 4 N–H and O–H groups in total. The summed E-state index contributed by atoms with van der Waals surface area (Å²) < 4.78 is 0. The van der Waals surface area contributed by atoms with Crippen LogP contribution >= 0.6 is 0 Å². The summed E-state index contributed by atoms with van der Waals surface area (Å²) in [6.45, 7) is 1.53. The Kier molecular flexibility index (Phi) is 4.95. The van der Waals surface area contributed by atoms with Gasteiger partial charge in [-0.25, -0.2) is 0 Å². The van der Waals surface area contributed by atoms with Gasteiger partial charge in [0, 0.05) is 0 Å². The molecule has 0 spiro atoms. The van der Waals surface area contributed by atoms with E-state index in [1.807, 2.05) is 30.3 Å². The molecule has 0 radical (unpaired) electrons.